The fourth-order valence-corrected chi connectivity index (χ4v) is 1.60. The Labute approximate surface area is 103 Å². The van der Waals surface area contributed by atoms with Gasteiger partial charge in [-0.25, -0.2) is 9.78 Å². The first-order valence-corrected chi connectivity index (χ1v) is 5.25. The molecule has 0 aliphatic rings. The minimum atomic E-state index is -1.25. The molecule has 0 saturated carbocycles. The van der Waals surface area contributed by atoms with Gasteiger partial charge in [-0.3, -0.25) is 9.36 Å². The number of nitrogens with one attached hydrogen (secondary N) is 1. The second kappa shape index (κ2) is 5.13. The normalized spacial score (nSPS) is 11.8. The highest BCUT2D eigenvalue weighted by atomic mass is 16.4. The quantitative estimate of drug-likeness (QED) is 0.858. The number of carbonyl (C=O) groups excluding carboxylic acids is 1. The predicted molar refractivity (Wildman–Crippen MR) is 63.2 cm³/mol. The van der Waals surface area contributed by atoms with Gasteiger partial charge in [0.1, 0.15) is 12.4 Å². The van der Waals surface area contributed by atoms with Crippen molar-refractivity contribution in [2.24, 2.45) is 0 Å². The van der Waals surface area contributed by atoms with E-state index in [-0.39, 0.29) is 0 Å². The van der Waals surface area contributed by atoms with Crippen molar-refractivity contribution in [2.45, 2.75) is 6.04 Å². The van der Waals surface area contributed by atoms with E-state index in [9.17, 15) is 9.59 Å². The standard InChI is InChI=1S/C12H11N3O3/c16-11(15-7-6-13-8-15)10(14-12(17)18)9-4-2-1-3-5-9/h1-8,10,14H,(H,17,18)/t10-/m0/s1. The van der Waals surface area contributed by atoms with E-state index in [1.807, 2.05) is 0 Å². The fourth-order valence-electron chi connectivity index (χ4n) is 1.60. The van der Waals surface area contributed by atoms with E-state index in [1.54, 1.807) is 30.3 Å². The molecule has 2 rings (SSSR count). The van der Waals surface area contributed by atoms with Crippen LogP contribution in [0.15, 0.2) is 49.1 Å². The number of hydrogen-bond donors (Lipinski definition) is 2. The summed E-state index contributed by atoms with van der Waals surface area (Å²) in [5.41, 5.74) is 0.582. The van der Waals surface area contributed by atoms with Crippen LogP contribution < -0.4 is 5.32 Å². The van der Waals surface area contributed by atoms with E-state index >= 15 is 0 Å². The van der Waals surface area contributed by atoms with Crippen molar-refractivity contribution >= 4 is 12.0 Å². The minimum absolute atomic E-state index is 0.402. The van der Waals surface area contributed by atoms with Crippen LogP contribution in [-0.4, -0.2) is 26.7 Å². The van der Waals surface area contributed by atoms with E-state index in [1.165, 1.54) is 23.3 Å². The van der Waals surface area contributed by atoms with E-state index in [2.05, 4.69) is 10.3 Å². The van der Waals surface area contributed by atoms with E-state index in [4.69, 9.17) is 5.11 Å². The number of nitrogens with zero attached hydrogens (tertiary/aromatic N) is 2. The molecule has 2 N–H and O–H groups in total. The van der Waals surface area contributed by atoms with Gasteiger partial charge < -0.3 is 10.4 Å². The molecule has 1 atom stereocenters. The Bertz CT molecular complexity index is 537. The third-order valence-corrected chi connectivity index (χ3v) is 2.41. The van der Waals surface area contributed by atoms with Gasteiger partial charge >= 0.3 is 6.09 Å². The Morgan fingerprint density at radius 2 is 2.00 bits per heavy atom. The predicted octanol–water partition coefficient (Wildman–Crippen LogP) is 1.53. The molecule has 0 unspecified atom stereocenters. The zero-order valence-electron chi connectivity index (χ0n) is 9.35. The van der Waals surface area contributed by atoms with Crippen LogP contribution in [0.4, 0.5) is 4.79 Å². The van der Waals surface area contributed by atoms with Crippen LogP contribution >= 0.6 is 0 Å². The maximum Gasteiger partial charge on any atom is 0.405 e. The maximum atomic E-state index is 12.1. The highest BCUT2D eigenvalue weighted by Gasteiger charge is 2.23. The van der Waals surface area contributed by atoms with Crippen LogP contribution in [0.5, 0.6) is 0 Å². The molecule has 92 valence electrons. The lowest BCUT2D eigenvalue weighted by molar-refractivity contribution is 0.0853. The van der Waals surface area contributed by atoms with Crippen molar-refractivity contribution in [1.29, 1.82) is 0 Å². The van der Waals surface area contributed by atoms with Crippen molar-refractivity contribution in [1.82, 2.24) is 14.9 Å². The Morgan fingerprint density at radius 3 is 2.56 bits per heavy atom. The molecule has 1 aromatic carbocycles. The molecule has 0 fully saturated rings. The summed E-state index contributed by atoms with van der Waals surface area (Å²) >= 11 is 0. The molecule has 0 saturated heterocycles. The topological polar surface area (TPSA) is 84.2 Å². The van der Waals surface area contributed by atoms with Crippen LogP contribution in [0.2, 0.25) is 0 Å². The lowest BCUT2D eigenvalue weighted by Gasteiger charge is -2.16. The first kappa shape index (κ1) is 11.8. The van der Waals surface area contributed by atoms with Gasteiger partial charge in [0, 0.05) is 12.4 Å². The first-order valence-electron chi connectivity index (χ1n) is 5.25. The van der Waals surface area contributed by atoms with Crippen molar-refractivity contribution in [3.8, 4) is 0 Å². The van der Waals surface area contributed by atoms with Crippen LogP contribution in [0.3, 0.4) is 0 Å². The number of imidazole rings is 1. The summed E-state index contributed by atoms with van der Waals surface area (Å²) in [7, 11) is 0. The van der Waals surface area contributed by atoms with Crippen LogP contribution in [0.25, 0.3) is 0 Å². The monoisotopic (exact) mass is 245 g/mol. The average Bonchev–Trinajstić information content (AvgIpc) is 2.90. The molecule has 6 nitrogen and oxygen atoms in total. The van der Waals surface area contributed by atoms with Crippen molar-refractivity contribution in [2.75, 3.05) is 0 Å². The molecule has 0 bridgehead atoms. The molecule has 0 radical (unpaired) electrons. The Balaban J connectivity index is 2.31. The summed E-state index contributed by atoms with van der Waals surface area (Å²) in [6.45, 7) is 0. The molecule has 2 aromatic rings. The second-order valence-corrected chi connectivity index (χ2v) is 3.60. The van der Waals surface area contributed by atoms with Crippen LogP contribution in [0.1, 0.15) is 16.4 Å². The highest BCUT2D eigenvalue weighted by Crippen LogP contribution is 2.14. The number of carbonyl (C=O) groups is 2. The van der Waals surface area contributed by atoms with E-state index < -0.39 is 18.0 Å². The molecular formula is C12H11N3O3. The zero-order chi connectivity index (χ0) is 13.0. The number of amides is 1. The summed E-state index contributed by atoms with van der Waals surface area (Å²) < 4.78 is 1.24. The Hall–Kier alpha value is -2.63. The Kier molecular flexibility index (Phi) is 3.38. The lowest BCUT2D eigenvalue weighted by atomic mass is 10.1. The average molecular weight is 245 g/mol. The second-order valence-electron chi connectivity index (χ2n) is 3.60. The van der Waals surface area contributed by atoms with Gasteiger partial charge in [-0.1, -0.05) is 30.3 Å². The van der Waals surface area contributed by atoms with Crippen LogP contribution in [0, 0.1) is 0 Å². The largest absolute Gasteiger partial charge is 0.465 e. The molecule has 1 aromatic heterocycles. The molecule has 6 heteroatoms. The summed E-state index contributed by atoms with van der Waals surface area (Å²) in [6, 6.07) is 7.71. The molecule has 0 aliphatic heterocycles. The summed E-state index contributed by atoms with van der Waals surface area (Å²) in [6.07, 6.45) is 3.02. The van der Waals surface area contributed by atoms with Gasteiger partial charge in [0.15, 0.2) is 0 Å². The molecule has 0 aliphatic carbocycles. The number of benzene rings is 1. The molecule has 18 heavy (non-hydrogen) atoms. The first-order chi connectivity index (χ1) is 8.68. The van der Waals surface area contributed by atoms with Crippen molar-refractivity contribution in [3.05, 3.63) is 54.6 Å². The molecular weight excluding hydrogens is 234 g/mol. The molecule has 0 spiro atoms. The van der Waals surface area contributed by atoms with Crippen molar-refractivity contribution in [3.63, 3.8) is 0 Å². The van der Waals surface area contributed by atoms with Gasteiger partial charge in [0.25, 0.3) is 5.91 Å². The number of rotatable bonds is 3. The maximum absolute atomic E-state index is 12.1. The van der Waals surface area contributed by atoms with Gasteiger partial charge in [-0.05, 0) is 5.56 Å². The third-order valence-electron chi connectivity index (χ3n) is 2.41. The number of hydrogen-bond acceptors (Lipinski definition) is 3. The van der Waals surface area contributed by atoms with Crippen molar-refractivity contribution < 1.29 is 14.7 Å². The van der Waals surface area contributed by atoms with Gasteiger partial charge in [-0.2, -0.15) is 0 Å². The van der Waals surface area contributed by atoms with E-state index in [0.29, 0.717) is 5.56 Å². The molecule has 1 heterocycles. The third kappa shape index (κ3) is 2.54. The summed E-state index contributed by atoms with van der Waals surface area (Å²) in [4.78, 5) is 26.7. The zero-order valence-corrected chi connectivity index (χ0v) is 9.35. The van der Waals surface area contributed by atoms with Crippen LogP contribution in [-0.2, 0) is 0 Å². The number of carboxylic acid groups (broad SMARTS) is 1. The van der Waals surface area contributed by atoms with E-state index in [0.717, 1.165) is 0 Å². The summed E-state index contributed by atoms with van der Waals surface area (Å²) in [5, 5.41) is 11.0. The smallest absolute Gasteiger partial charge is 0.405 e. The van der Waals surface area contributed by atoms with Gasteiger partial charge in [-0.15, -0.1) is 0 Å². The summed E-state index contributed by atoms with van der Waals surface area (Å²) in [5.74, 6) is -0.402. The molecule has 1 amide bonds. The fraction of sp³-hybridized carbons (Fsp3) is 0.0833. The number of aromatic nitrogens is 2. The SMILES string of the molecule is O=C(O)N[C@H](C(=O)n1ccnc1)c1ccccc1. The minimum Gasteiger partial charge on any atom is -0.465 e. The lowest BCUT2D eigenvalue weighted by Crippen LogP contribution is -2.35. The van der Waals surface area contributed by atoms with Gasteiger partial charge in [0.05, 0.1) is 0 Å². The highest BCUT2D eigenvalue weighted by molar-refractivity contribution is 5.88. The van der Waals surface area contributed by atoms with Gasteiger partial charge in [0.2, 0.25) is 0 Å². The Morgan fingerprint density at radius 1 is 1.28 bits per heavy atom.